The molecule has 0 aromatic rings. The molecule has 1 aliphatic rings. The molecule has 0 aliphatic carbocycles. The van der Waals surface area contributed by atoms with Crippen LogP contribution in [0.2, 0.25) is 0 Å². The quantitative estimate of drug-likeness (QED) is 0.184. The first kappa shape index (κ1) is 27.4. The lowest BCUT2D eigenvalue weighted by Crippen LogP contribution is -2.37. The Morgan fingerprint density at radius 2 is 1.00 bits per heavy atom. The molecular formula is C26H51NO3. The Hall–Kier alpha value is -0.610. The maximum atomic E-state index is 9.32. The molecule has 0 aromatic heterocycles. The molecule has 4 nitrogen and oxygen atoms in total. The van der Waals surface area contributed by atoms with Gasteiger partial charge in [0.1, 0.15) is 12.1 Å². The highest BCUT2D eigenvalue weighted by molar-refractivity contribution is 5.78. The molecule has 0 unspecified atom stereocenters. The number of nitrogens with zero attached hydrogens (tertiary/aromatic N) is 1. The molecule has 1 heterocycles. The summed E-state index contributed by atoms with van der Waals surface area (Å²) in [6.45, 7) is 2.31. The number of aliphatic hydroxyl groups is 2. The van der Waals surface area contributed by atoms with Crippen molar-refractivity contribution >= 4 is 5.90 Å². The van der Waals surface area contributed by atoms with Gasteiger partial charge in [-0.15, -0.1) is 0 Å². The smallest absolute Gasteiger partial charge is 0.184 e. The molecule has 0 saturated carbocycles. The molecule has 0 radical (unpaired) electrons. The van der Waals surface area contributed by atoms with E-state index in [1.165, 1.54) is 116 Å². The topological polar surface area (TPSA) is 62.1 Å². The van der Waals surface area contributed by atoms with Crippen molar-refractivity contribution in [1.82, 2.24) is 0 Å². The summed E-state index contributed by atoms with van der Waals surface area (Å²) in [5.41, 5.74) is -0.788. The van der Waals surface area contributed by atoms with E-state index < -0.39 is 5.54 Å². The Morgan fingerprint density at radius 1 is 0.633 bits per heavy atom. The number of hydrogen-bond acceptors (Lipinski definition) is 4. The van der Waals surface area contributed by atoms with Crippen molar-refractivity contribution in [3.05, 3.63) is 0 Å². The minimum Gasteiger partial charge on any atom is -0.478 e. The average Bonchev–Trinajstić information content (AvgIpc) is 3.19. The van der Waals surface area contributed by atoms with Gasteiger partial charge in [0.15, 0.2) is 5.90 Å². The van der Waals surface area contributed by atoms with Crippen LogP contribution in [0.5, 0.6) is 0 Å². The zero-order valence-electron chi connectivity index (χ0n) is 20.0. The fraction of sp³-hybridized carbons (Fsp3) is 0.962. The lowest BCUT2D eigenvalue weighted by Gasteiger charge is -2.16. The lowest BCUT2D eigenvalue weighted by atomic mass is 10.0. The van der Waals surface area contributed by atoms with Crippen molar-refractivity contribution in [1.29, 1.82) is 0 Å². The van der Waals surface area contributed by atoms with Gasteiger partial charge >= 0.3 is 0 Å². The first-order chi connectivity index (χ1) is 14.8. The minimum absolute atomic E-state index is 0.147. The fourth-order valence-corrected chi connectivity index (χ4v) is 4.24. The monoisotopic (exact) mass is 425 g/mol. The molecule has 178 valence electrons. The van der Waals surface area contributed by atoms with Crippen LogP contribution in [-0.4, -0.2) is 41.5 Å². The highest BCUT2D eigenvalue weighted by atomic mass is 16.5. The normalized spacial score (nSPS) is 15.4. The van der Waals surface area contributed by atoms with E-state index in [-0.39, 0.29) is 13.2 Å². The summed E-state index contributed by atoms with van der Waals surface area (Å²) in [6.07, 6.45) is 27.2. The third kappa shape index (κ3) is 13.6. The Kier molecular flexibility index (Phi) is 17.5. The second kappa shape index (κ2) is 19.1. The van der Waals surface area contributed by atoms with E-state index >= 15 is 0 Å². The molecule has 30 heavy (non-hydrogen) atoms. The van der Waals surface area contributed by atoms with Crippen LogP contribution in [-0.2, 0) is 4.74 Å². The second-order valence-corrected chi connectivity index (χ2v) is 9.45. The summed E-state index contributed by atoms with van der Waals surface area (Å²) >= 11 is 0. The van der Waals surface area contributed by atoms with Crippen LogP contribution in [0.25, 0.3) is 0 Å². The Morgan fingerprint density at radius 3 is 1.33 bits per heavy atom. The Balaban J connectivity index is 1.75. The van der Waals surface area contributed by atoms with Crippen molar-refractivity contribution in [3.63, 3.8) is 0 Å². The molecule has 2 N–H and O–H groups in total. The number of rotatable bonds is 22. The number of unbranched alkanes of at least 4 members (excludes halogenated alkanes) is 18. The number of hydrogen-bond donors (Lipinski definition) is 2. The lowest BCUT2D eigenvalue weighted by molar-refractivity contribution is 0.0972. The summed E-state index contributed by atoms with van der Waals surface area (Å²) in [6, 6.07) is 0. The van der Waals surface area contributed by atoms with Gasteiger partial charge in [-0.1, -0.05) is 122 Å². The van der Waals surface area contributed by atoms with Gasteiger partial charge in [0, 0.05) is 6.42 Å². The summed E-state index contributed by atoms with van der Waals surface area (Å²) in [5.74, 6) is 0.713. The van der Waals surface area contributed by atoms with Crippen molar-refractivity contribution in [2.75, 3.05) is 19.8 Å². The van der Waals surface area contributed by atoms with E-state index in [0.717, 1.165) is 12.8 Å². The predicted octanol–water partition coefficient (Wildman–Crippen LogP) is 6.96. The molecule has 0 fully saturated rings. The molecule has 1 rings (SSSR count). The van der Waals surface area contributed by atoms with Crippen molar-refractivity contribution in [3.8, 4) is 0 Å². The number of aliphatic imine (C=N–C) groups is 1. The first-order valence-corrected chi connectivity index (χ1v) is 13.2. The number of aliphatic hydroxyl groups excluding tert-OH is 2. The van der Waals surface area contributed by atoms with E-state index in [0.29, 0.717) is 12.5 Å². The van der Waals surface area contributed by atoms with E-state index in [1.807, 2.05) is 0 Å². The van der Waals surface area contributed by atoms with Gasteiger partial charge in [-0.25, -0.2) is 4.99 Å². The van der Waals surface area contributed by atoms with Gasteiger partial charge in [0.25, 0.3) is 0 Å². The summed E-state index contributed by atoms with van der Waals surface area (Å²) < 4.78 is 5.52. The third-order valence-corrected chi connectivity index (χ3v) is 6.45. The van der Waals surface area contributed by atoms with E-state index in [2.05, 4.69) is 11.9 Å². The molecule has 0 bridgehead atoms. The molecule has 0 spiro atoms. The van der Waals surface area contributed by atoms with Crippen LogP contribution < -0.4 is 0 Å². The van der Waals surface area contributed by atoms with Gasteiger partial charge in [0.05, 0.1) is 13.2 Å². The molecule has 0 aromatic carbocycles. The van der Waals surface area contributed by atoms with Crippen LogP contribution in [0.3, 0.4) is 0 Å². The van der Waals surface area contributed by atoms with Gasteiger partial charge < -0.3 is 14.9 Å². The van der Waals surface area contributed by atoms with Gasteiger partial charge in [-0.3, -0.25) is 0 Å². The molecule has 0 amide bonds. The highest BCUT2D eigenvalue weighted by Crippen LogP contribution is 2.21. The van der Waals surface area contributed by atoms with E-state index in [9.17, 15) is 10.2 Å². The summed E-state index contributed by atoms with van der Waals surface area (Å²) in [5, 5.41) is 18.6. The van der Waals surface area contributed by atoms with Crippen LogP contribution >= 0.6 is 0 Å². The maximum absolute atomic E-state index is 9.32. The van der Waals surface area contributed by atoms with Crippen LogP contribution in [0.1, 0.15) is 135 Å². The largest absolute Gasteiger partial charge is 0.478 e. The summed E-state index contributed by atoms with van der Waals surface area (Å²) in [7, 11) is 0. The number of ether oxygens (including phenoxy) is 1. The molecule has 0 saturated heterocycles. The van der Waals surface area contributed by atoms with Crippen molar-refractivity contribution < 1.29 is 14.9 Å². The fourth-order valence-electron chi connectivity index (χ4n) is 4.24. The van der Waals surface area contributed by atoms with Crippen molar-refractivity contribution in [2.45, 2.75) is 141 Å². The average molecular weight is 426 g/mol. The third-order valence-electron chi connectivity index (χ3n) is 6.45. The maximum Gasteiger partial charge on any atom is 0.184 e. The van der Waals surface area contributed by atoms with Crippen LogP contribution in [0, 0.1) is 0 Å². The van der Waals surface area contributed by atoms with E-state index in [1.54, 1.807) is 0 Å². The Labute approximate surface area is 186 Å². The zero-order valence-corrected chi connectivity index (χ0v) is 20.0. The second-order valence-electron chi connectivity index (χ2n) is 9.45. The van der Waals surface area contributed by atoms with Gasteiger partial charge in [-0.2, -0.15) is 0 Å². The SMILES string of the molecule is CCCCCCCCCCCCCCCCCCCCCC1=NC(CO)(CO)CO1. The molecular weight excluding hydrogens is 374 g/mol. The Bertz CT molecular complexity index is 407. The van der Waals surface area contributed by atoms with E-state index in [4.69, 9.17) is 4.74 Å². The van der Waals surface area contributed by atoms with Crippen molar-refractivity contribution in [2.24, 2.45) is 4.99 Å². The highest BCUT2D eigenvalue weighted by Gasteiger charge is 2.35. The van der Waals surface area contributed by atoms with Gasteiger partial charge in [0.2, 0.25) is 0 Å². The predicted molar refractivity (Wildman–Crippen MR) is 128 cm³/mol. The molecule has 0 atom stereocenters. The van der Waals surface area contributed by atoms with Crippen LogP contribution in [0.4, 0.5) is 0 Å². The van der Waals surface area contributed by atoms with Gasteiger partial charge in [-0.05, 0) is 6.42 Å². The zero-order chi connectivity index (χ0) is 21.8. The van der Waals surface area contributed by atoms with Crippen LogP contribution in [0.15, 0.2) is 4.99 Å². The standard InChI is InChI=1S/C26H51NO3/c1-2-3-4-5-6-7-8-9-10-11-12-13-14-15-16-17-18-19-20-21-25-27-26(22-28,23-29)24-30-25/h28-29H,2-24H2,1H3. The minimum atomic E-state index is -0.788. The first-order valence-electron chi connectivity index (χ1n) is 13.2. The molecule has 1 aliphatic heterocycles. The molecule has 4 heteroatoms. The summed E-state index contributed by atoms with van der Waals surface area (Å²) in [4.78, 5) is 4.37.